The molecule has 0 aromatic heterocycles. The molecule has 0 radical (unpaired) electrons. The number of carbonyl (C=O) groups is 4. The minimum Gasteiger partial charge on any atom is -0.369 e. The molecule has 1 aliphatic heterocycles. The zero-order valence-electron chi connectivity index (χ0n) is 15.5. The average Bonchev–Trinajstić information content (AvgIpc) is 3.01. The van der Waals surface area contributed by atoms with Crippen molar-refractivity contribution in [2.24, 2.45) is 16.9 Å². The van der Waals surface area contributed by atoms with Crippen molar-refractivity contribution in [3.63, 3.8) is 0 Å². The van der Waals surface area contributed by atoms with Gasteiger partial charge in [0.1, 0.15) is 12.6 Å². The molecule has 146 valence electrons. The molecule has 0 spiro atoms. The van der Waals surface area contributed by atoms with Crippen LogP contribution in [0.2, 0.25) is 0 Å². The maximum atomic E-state index is 12.6. The molecule has 1 aliphatic rings. The first-order valence-electron chi connectivity index (χ1n) is 8.69. The minimum absolute atomic E-state index is 0.00195. The lowest BCUT2D eigenvalue weighted by Crippen LogP contribution is -2.50. The first-order valence-corrected chi connectivity index (χ1v) is 8.69. The largest absolute Gasteiger partial charge is 0.369 e. The second-order valence-electron chi connectivity index (χ2n) is 7.14. The highest BCUT2D eigenvalue weighted by Gasteiger charge is 2.44. The molecule has 27 heavy (non-hydrogen) atoms. The number of nitrogens with zero attached hydrogens (tertiary/aromatic N) is 1. The summed E-state index contributed by atoms with van der Waals surface area (Å²) in [5.41, 5.74) is 10.8. The Morgan fingerprint density at radius 3 is 2.41 bits per heavy atom. The van der Waals surface area contributed by atoms with Crippen LogP contribution >= 0.6 is 0 Å². The molecule has 1 aromatic rings. The number of ether oxygens (including phenoxy) is 1. The van der Waals surface area contributed by atoms with Gasteiger partial charge in [0.2, 0.25) is 17.7 Å². The highest BCUT2D eigenvalue weighted by Crippen LogP contribution is 2.29. The lowest BCUT2D eigenvalue weighted by Gasteiger charge is -2.29. The Morgan fingerprint density at radius 1 is 1.22 bits per heavy atom. The van der Waals surface area contributed by atoms with Gasteiger partial charge >= 0.3 is 0 Å². The highest BCUT2D eigenvalue weighted by atomic mass is 16.5. The normalized spacial score (nSPS) is 21.5. The van der Waals surface area contributed by atoms with Gasteiger partial charge in [0.25, 0.3) is 0 Å². The second kappa shape index (κ2) is 8.30. The molecule has 3 atom stereocenters. The predicted octanol–water partition coefficient (Wildman–Crippen LogP) is -0.219. The van der Waals surface area contributed by atoms with Crippen molar-refractivity contribution >= 4 is 23.5 Å². The summed E-state index contributed by atoms with van der Waals surface area (Å²) < 4.78 is 5.08. The van der Waals surface area contributed by atoms with Gasteiger partial charge in [0.05, 0.1) is 5.41 Å². The standard InChI is InChI=1S/C19H25N3O5/c1-19(18(21)26,10-12-6-4-3-5-7-12)9-8-14(24)22(2)15-13(23)11-27-16(15)17(20)25/h3-7,15-16H,8-11H2,1-2H3,(H2,20,25)(H2,21,26)/t15?,16-,19?/m0/s1. The third kappa shape index (κ3) is 4.71. The van der Waals surface area contributed by atoms with Crippen molar-refractivity contribution in [1.82, 2.24) is 4.90 Å². The van der Waals surface area contributed by atoms with E-state index in [1.54, 1.807) is 6.92 Å². The summed E-state index contributed by atoms with van der Waals surface area (Å²) in [6.07, 6.45) is -0.546. The molecular formula is C19H25N3O5. The van der Waals surface area contributed by atoms with Crippen molar-refractivity contribution in [3.05, 3.63) is 35.9 Å². The molecule has 0 saturated carbocycles. The number of Topliss-reactive ketones (excluding diaryl/α,β-unsaturated/α-hetero) is 1. The van der Waals surface area contributed by atoms with Gasteiger partial charge in [-0.15, -0.1) is 0 Å². The summed E-state index contributed by atoms with van der Waals surface area (Å²) in [5.74, 6) is -2.06. The summed E-state index contributed by atoms with van der Waals surface area (Å²) in [6.45, 7) is 1.45. The van der Waals surface area contributed by atoms with Crippen LogP contribution in [-0.2, 0) is 30.3 Å². The predicted molar refractivity (Wildman–Crippen MR) is 97.2 cm³/mol. The number of likely N-dealkylation sites (N-methyl/N-ethyl adjacent to an activating group) is 1. The molecule has 8 heteroatoms. The number of nitrogens with two attached hydrogens (primary N) is 2. The van der Waals surface area contributed by atoms with Crippen molar-refractivity contribution in [1.29, 1.82) is 0 Å². The van der Waals surface area contributed by atoms with E-state index < -0.39 is 29.4 Å². The van der Waals surface area contributed by atoms with Crippen LogP contribution in [0.15, 0.2) is 30.3 Å². The first-order chi connectivity index (χ1) is 12.7. The van der Waals surface area contributed by atoms with Crippen molar-refractivity contribution in [3.8, 4) is 0 Å². The van der Waals surface area contributed by atoms with Crippen molar-refractivity contribution < 1.29 is 23.9 Å². The van der Waals surface area contributed by atoms with Crippen molar-refractivity contribution in [2.45, 2.75) is 38.3 Å². The first kappa shape index (κ1) is 20.6. The average molecular weight is 375 g/mol. The van der Waals surface area contributed by atoms with E-state index in [1.165, 1.54) is 11.9 Å². The smallest absolute Gasteiger partial charge is 0.249 e. The molecule has 1 heterocycles. The Kier molecular flexibility index (Phi) is 6.32. The Bertz CT molecular complexity index is 736. The second-order valence-corrected chi connectivity index (χ2v) is 7.14. The van der Waals surface area contributed by atoms with Crippen LogP contribution < -0.4 is 11.5 Å². The van der Waals surface area contributed by atoms with E-state index in [0.717, 1.165) is 5.56 Å². The molecule has 0 bridgehead atoms. The van der Waals surface area contributed by atoms with E-state index in [1.807, 2.05) is 30.3 Å². The van der Waals surface area contributed by atoms with E-state index in [4.69, 9.17) is 16.2 Å². The third-order valence-corrected chi connectivity index (χ3v) is 5.04. The molecule has 2 unspecified atom stereocenters. The van der Waals surface area contributed by atoms with Gasteiger partial charge in [-0.25, -0.2) is 0 Å². The summed E-state index contributed by atoms with van der Waals surface area (Å²) >= 11 is 0. The van der Waals surface area contributed by atoms with Crippen LogP contribution in [0, 0.1) is 5.41 Å². The fourth-order valence-corrected chi connectivity index (χ4v) is 3.23. The summed E-state index contributed by atoms with van der Waals surface area (Å²) in [6, 6.07) is 8.35. The number of amides is 3. The number of ketones is 1. The van der Waals surface area contributed by atoms with E-state index >= 15 is 0 Å². The lowest BCUT2D eigenvalue weighted by atomic mass is 9.78. The molecule has 1 saturated heterocycles. The zero-order chi connectivity index (χ0) is 20.2. The van der Waals surface area contributed by atoms with Gasteiger partial charge < -0.3 is 21.1 Å². The monoisotopic (exact) mass is 375 g/mol. The highest BCUT2D eigenvalue weighted by molar-refractivity contribution is 5.98. The van der Waals surface area contributed by atoms with E-state index in [-0.39, 0.29) is 31.1 Å². The van der Waals surface area contributed by atoms with Gasteiger partial charge in [-0.2, -0.15) is 0 Å². The Balaban J connectivity index is 2.06. The summed E-state index contributed by atoms with van der Waals surface area (Å²) in [5, 5.41) is 0. The number of hydrogen-bond acceptors (Lipinski definition) is 5. The summed E-state index contributed by atoms with van der Waals surface area (Å²) in [4.78, 5) is 49.2. The topological polar surface area (TPSA) is 133 Å². The zero-order valence-corrected chi connectivity index (χ0v) is 15.5. The molecule has 1 aromatic carbocycles. The molecule has 2 rings (SSSR count). The lowest BCUT2D eigenvalue weighted by molar-refractivity contribution is -0.140. The number of carbonyl (C=O) groups excluding carboxylic acids is 4. The molecule has 0 aliphatic carbocycles. The number of benzene rings is 1. The van der Waals surface area contributed by atoms with Crippen molar-refractivity contribution in [2.75, 3.05) is 13.7 Å². The maximum Gasteiger partial charge on any atom is 0.249 e. The minimum atomic E-state index is -1.15. The van der Waals surface area contributed by atoms with E-state index in [2.05, 4.69) is 0 Å². The molecule has 3 amide bonds. The molecule has 8 nitrogen and oxygen atoms in total. The fraction of sp³-hybridized carbons (Fsp3) is 0.474. The van der Waals surface area contributed by atoms with Gasteiger partial charge in [0.15, 0.2) is 11.9 Å². The van der Waals surface area contributed by atoms with Crippen LogP contribution in [0.1, 0.15) is 25.3 Å². The fourth-order valence-electron chi connectivity index (χ4n) is 3.23. The SMILES string of the molecule is CN(C(=O)CCC(C)(Cc1ccccc1)C(N)=O)C1C(=O)CO[C@@H]1C(N)=O. The quantitative estimate of drug-likeness (QED) is 0.648. The van der Waals surface area contributed by atoms with Crippen LogP contribution in [0.4, 0.5) is 0 Å². The van der Waals surface area contributed by atoms with Gasteiger partial charge in [-0.1, -0.05) is 37.3 Å². The van der Waals surface area contributed by atoms with Gasteiger partial charge in [-0.05, 0) is 18.4 Å². The molecule has 4 N–H and O–H groups in total. The maximum absolute atomic E-state index is 12.6. The number of rotatable bonds is 8. The van der Waals surface area contributed by atoms with Crippen LogP contribution in [0.25, 0.3) is 0 Å². The van der Waals surface area contributed by atoms with Gasteiger partial charge in [0, 0.05) is 13.5 Å². The van der Waals surface area contributed by atoms with E-state index in [9.17, 15) is 19.2 Å². The number of primary amides is 2. The Morgan fingerprint density at radius 2 is 1.85 bits per heavy atom. The Labute approximate surface area is 157 Å². The number of hydrogen-bond donors (Lipinski definition) is 2. The van der Waals surface area contributed by atoms with Crippen LogP contribution in [-0.4, -0.2) is 54.2 Å². The molecule has 1 fully saturated rings. The Hall–Kier alpha value is -2.74. The van der Waals surface area contributed by atoms with Crippen LogP contribution in [0.5, 0.6) is 0 Å². The summed E-state index contributed by atoms with van der Waals surface area (Å²) in [7, 11) is 1.42. The molecular weight excluding hydrogens is 350 g/mol. The van der Waals surface area contributed by atoms with E-state index in [0.29, 0.717) is 6.42 Å². The van der Waals surface area contributed by atoms with Crippen LogP contribution in [0.3, 0.4) is 0 Å². The third-order valence-electron chi connectivity index (χ3n) is 5.04. The van der Waals surface area contributed by atoms with Gasteiger partial charge in [-0.3, -0.25) is 19.2 Å².